The first-order valence-corrected chi connectivity index (χ1v) is 6.82. The predicted molar refractivity (Wildman–Crippen MR) is 84.2 cm³/mol. The summed E-state index contributed by atoms with van der Waals surface area (Å²) in [5.74, 6) is -0.357. The third kappa shape index (κ3) is 3.74. The lowest BCUT2D eigenvalue weighted by Crippen LogP contribution is -2.19. The molecular weight excluding hydrogens is 311 g/mol. The zero-order valence-corrected chi connectivity index (χ0v) is 12.6. The zero-order chi connectivity index (χ0) is 15.4. The second-order valence-corrected chi connectivity index (χ2v) is 5.12. The summed E-state index contributed by atoms with van der Waals surface area (Å²) in [5.41, 5.74) is 3.69. The highest BCUT2D eigenvalue weighted by Gasteiger charge is 2.10. The summed E-state index contributed by atoms with van der Waals surface area (Å²) < 4.78 is 0. The van der Waals surface area contributed by atoms with Crippen LogP contribution in [0.3, 0.4) is 0 Å². The van der Waals surface area contributed by atoms with Crippen molar-refractivity contribution in [1.29, 1.82) is 0 Å². The lowest BCUT2D eigenvalue weighted by Gasteiger charge is -2.06. The highest BCUT2D eigenvalue weighted by molar-refractivity contribution is 6.36. The number of carbonyl (C=O) groups excluding carboxylic acids is 1. The minimum absolute atomic E-state index is 0.0949. The standard InChI is InChI=1S/C15H12Cl2N2O2/c1-9(11-4-2-3-5-14(11)20)18-19-15(21)12-7-6-10(16)8-13(12)17/h2-8,20H,1H3,(H,19,21)/b18-9+. The minimum atomic E-state index is -0.452. The van der Waals surface area contributed by atoms with Crippen LogP contribution in [0.5, 0.6) is 5.75 Å². The second-order valence-electron chi connectivity index (χ2n) is 4.28. The van der Waals surface area contributed by atoms with Gasteiger partial charge in [-0.3, -0.25) is 4.79 Å². The molecule has 2 N–H and O–H groups in total. The first-order valence-electron chi connectivity index (χ1n) is 6.07. The molecule has 2 rings (SSSR count). The molecular formula is C15H12Cl2N2O2. The molecule has 0 unspecified atom stereocenters. The Labute approximate surface area is 132 Å². The Morgan fingerprint density at radius 1 is 1.14 bits per heavy atom. The molecule has 6 heteroatoms. The number of para-hydroxylation sites is 1. The topological polar surface area (TPSA) is 61.7 Å². The molecule has 0 spiro atoms. The number of hydrazone groups is 1. The Bertz CT molecular complexity index is 715. The maximum atomic E-state index is 12.0. The molecule has 21 heavy (non-hydrogen) atoms. The van der Waals surface area contributed by atoms with Gasteiger partial charge < -0.3 is 5.11 Å². The zero-order valence-electron chi connectivity index (χ0n) is 11.1. The number of carbonyl (C=O) groups is 1. The molecule has 0 heterocycles. The van der Waals surface area contributed by atoms with Gasteiger partial charge in [-0.15, -0.1) is 0 Å². The summed E-state index contributed by atoms with van der Waals surface area (Å²) >= 11 is 11.7. The maximum absolute atomic E-state index is 12.0. The van der Waals surface area contributed by atoms with Gasteiger partial charge in [0.15, 0.2) is 0 Å². The van der Waals surface area contributed by atoms with Gasteiger partial charge in [0.2, 0.25) is 0 Å². The van der Waals surface area contributed by atoms with Gasteiger partial charge in [-0.25, -0.2) is 5.43 Å². The van der Waals surface area contributed by atoms with E-state index in [9.17, 15) is 9.90 Å². The Kier molecular flexibility index (Phi) is 4.83. The summed E-state index contributed by atoms with van der Waals surface area (Å²) in [7, 11) is 0. The van der Waals surface area contributed by atoms with Crippen molar-refractivity contribution in [3.8, 4) is 5.75 Å². The normalized spacial score (nSPS) is 11.3. The highest BCUT2D eigenvalue weighted by atomic mass is 35.5. The largest absolute Gasteiger partial charge is 0.507 e. The summed E-state index contributed by atoms with van der Waals surface area (Å²) in [5, 5.41) is 14.4. The van der Waals surface area contributed by atoms with Crippen LogP contribution in [-0.2, 0) is 0 Å². The molecule has 4 nitrogen and oxygen atoms in total. The highest BCUT2D eigenvalue weighted by Crippen LogP contribution is 2.21. The molecule has 2 aromatic carbocycles. The molecule has 1 amide bonds. The third-order valence-electron chi connectivity index (χ3n) is 2.79. The molecule has 0 atom stereocenters. The summed E-state index contributed by atoms with van der Waals surface area (Å²) in [4.78, 5) is 12.0. The Morgan fingerprint density at radius 3 is 2.52 bits per heavy atom. The van der Waals surface area contributed by atoms with Crippen LogP contribution in [0, 0.1) is 0 Å². The Morgan fingerprint density at radius 2 is 1.86 bits per heavy atom. The van der Waals surface area contributed by atoms with Crippen LogP contribution in [0.4, 0.5) is 0 Å². The van der Waals surface area contributed by atoms with E-state index in [0.717, 1.165) is 0 Å². The van der Waals surface area contributed by atoms with Gasteiger partial charge in [-0.05, 0) is 37.3 Å². The van der Waals surface area contributed by atoms with Crippen LogP contribution in [-0.4, -0.2) is 16.7 Å². The molecule has 0 aromatic heterocycles. The third-order valence-corrected chi connectivity index (χ3v) is 3.34. The SMILES string of the molecule is C/C(=N\NC(=O)c1ccc(Cl)cc1Cl)c1ccccc1O. The van der Waals surface area contributed by atoms with Crippen molar-refractivity contribution in [3.05, 3.63) is 63.6 Å². The smallest absolute Gasteiger partial charge is 0.272 e. The van der Waals surface area contributed by atoms with E-state index in [1.165, 1.54) is 12.1 Å². The van der Waals surface area contributed by atoms with E-state index >= 15 is 0 Å². The molecule has 0 bridgehead atoms. The van der Waals surface area contributed by atoms with E-state index in [2.05, 4.69) is 10.5 Å². The van der Waals surface area contributed by atoms with E-state index in [-0.39, 0.29) is 16.3 Å². The van der Waals surface area contributed by atoms with E-state index in [1.807, 2.05) is 0 Å². The van der Waals surface area contributed by atoms with Crippen molar-refractivity contribution in [2.45, 2.75) is 6.92 Å². The lowest BCUT2D eigenvalue weighted by molar-refractivity contribution is 0.0955. The van der Waals surface area contributed by atoms with Crippen molar-refractivity contribution >= 4 is 34.8 Å². The van der Waals surface area contributed by atoms with Gasteiger partial charge in [0.25, 0.3) is 5.91 Å². The van der Waals surface area contributed by atoms with E-state index in [0.29, 0.717) is 16.3 Å². The van der Waals surface area contributed by atoms with Crippen LogP contribution in [0.25, 0.3) is 0 Å². The number of halogens is 2. The maximum Gasteiger partial charge on any atom is 0.272 e. The average Bonchev–Trinajstić information content (AvgIpc) is 2.45. The fraction of sp³-hybridized carbons (Fsp3) is 0.0667. The summed E-state index contributed by atoms with van der Waals surface area (Å²) in [6, 6.07) is 11.3. The molecule has 0 aliphatic rings. The van der Waals surface area contributed by atoms with Crippen molar-refractivity contribution in [3.63, 3.8) is 0 Å². The van der Waals surface area contributed by atoms with Gasteiger partial charge in [-0.2, -0.15) is 5.10 Å². The number of nitrogens with zero attached hydrogens (tertiary/aromatic N) is 1. The molecule has 0 radical (unpaired) electrons. The van der Waals surface area contributed by atoms with E-state index in [4.69, 9.17) is 23.2 Å². The van der Waals surface area contributed by atoms with Crippen LogP contribution < -0.4 is 5.43 Å². The van der Waals surface area contributed by atoms with Crippen LogP contribution in [0.1, 0.15) is 22.8 Å². The number of rotatable bonds is 3. The van der Waals surface area contributed by atoms with Crippen molar-refractivity contribution < 1.29 is 9.90 Å². The molecule has 0 aliphatic heterocycles. The van der Waals surface area contributed by atoms with Gasteiger partial charge in [-0.1, -0.05) is 35.3 Å². The summed E-state index contributed by atoms with van der Waals surface area (Å²) in [6.45, 7) is 1.68. The summed E-state index contributed by atoms with van der Waals surface area (Å²) in [6.07, 6.45) is 0. The number of hydrogen-bond acceptors (Lipinski definition) is 3. The van der Waals surface area contributed by atoms with Crippen molar-refractivity contribution in [2.75, 3.05) is 0 Å². The fourth-order valence-electron chi connectivity index (χ4n) is 1.71. The Balaban J connectivity index is 2.17. The average molecular weight is 323 g/mol. The van der Waals surface area contributed by atoms with E-state index < -0.39 is 5.91 Å². The first kappa shape index (κ1) is 15.4. The first-order chi connectivity index (χ1) is 9.99. The van der Waals surface area contributed by atoms with Crippen LogP contribution >= 0.6 is 23.2 Å². The van der Waals surface area contributed by atoms with Crippen LogP contribution in [0.2, 0.25) is 10.0 Å². The lowest BCUT2D eigenvalue weighted by atomic mass is 10.1. The predicted octanol–water partition coefficient (Wildman–Crippen LogP) is 3.85. The Hall–Kier alpha value is -2.04. The second kappa shape index (κ2) is 6.61. The number of phenols is 1. The number of amides is 1. The molecule has 0 fully saturated rings. The number of nitrogens with one attached hydrogen (secondary N) is 1. The number of aromatic hydroxyl groups is 1. The van der Waals surface area contributed by atoms with Crippen LogP contribution in [0.15, 0.2) is 47.6 Å². The molecule has 0 saturated heterocycles. The fourth-order valence-corrected chi connectivity index (χ4v) is 2.20. The van der Waals surface area contributed by atoms with Crippen molar-refractivity contribution in [2.24, 2.45) is 5.10 Å². The molecule has 0 saturated carbocycles. The number of phenolic OH excluding ortho intramolecular Hbond substituents is 1. The molecule has 108 valence electrons. The number of benzene rings is 2. The van der Waals surface area contributed by atoms with Gasteiger partial charge in [0, 0.05) is 10.6 Å². The van der Waals surface area contributed by atoms with Gasteiger partial charge in [0.05, 0.1) is 16.3 Å². The molecule has 2 aromatic rings. The minimum Gasteiger partial charge on any atom is -0.507 e. The number of hydrogen-bond donors (Lipinski definition) is 2. The molecule has 0 aliphatic carbocycles. The van der Waals surface area contributed by atoms with Gasteiger partial charge >= 0.3 is 0 Å². The van der Waals surface area contributed by atoms with Gasteiger partial charge in [0.1, 0.15) is 5.75 Å². The monoisotopic (exact) mass is 322 g/mol. The quantitative estimate of drug-likeness (QED) is 0.666. The van der Waals surface area contributed by atoms with E-state index in [1.54, 1.807) is 37.3 Å². The van der Waals surface area contributed by atoms with Crippen molar-refractivity contribution in [1.82, 2.24) is 5.43 Å².